The molecule has 5 rings (SSSR count). The summed E-state index contributed by atoms with van der Waals surface area (Å²) in [6, 6.07) is 2.12. The number of aryl methyl sites for hydroxylation is 1. The number of nitrogens with zero attached hydrogens (tertiary/aromatic N) is 7. The maximum Gasteiger partial charge on any atom is 0.256 e. The number of carbonyl (C=O) groups excluding carboxylic acids is 1. The minimum atomic E-state index is -0.147. The van der Waals surface area contributed by atoms with E-state index in [0.717, 1.165) is 37.3 Å². The molecule has 2 atom stereocenters. The van der Waals surface area contributed by atoms with Gasteiger partial charge in [-0.3, -0.25) is 9.48 Å². The molecule has 0 aliphatic carbocycles. The molecular formula is C17H20N8O. The van der Waals surface area contributed by atoms with Crippen LogP contribution in [0.2, 0.25) is 0 Å². The lowest BCUT2D eigenvalue weighted by atomic mass is 10.1. The van der Waals surface area contributed by atoms with E-state index in [9.17, 15) is 4.79 Å². The Morgan fingerprint density at radius 2 is 2.19 bits per heavy atom. The summed E-state index contributed by atoms with van der Waals surface area (Å²) in [4.78, 5) is 19.7. The minimum absolute atomic E-state index is 0.0132. The molecule has 0 spiro atoms. The normalized spacial score (nSPS) is 23.1. The van der Waals surface area contributed by atoms with Gasteiger partial charge in [0.05, 0.1) is 18.4 Å². The molecule has 0 aromatic carbocycles. The molecule has 9 heteroatoms. The third-order valence-electron chi connectivity index (χ3n) is 5.21. The first-order chi connectivity index (χ1) is 12.7. The topological polar surface area (TPSA) is 93.2 Å². The number of rotatable bonds is 0. The Hall–Kier alpha value is -2.97. The molecule has 26 heavy (non-hydrogen) atoms. The van der Waals surface area contributed by atoms with Gasteiger partial charge in [0.25, 0.3) is 5.91 Å². The predicted molar refractivity (Wildman–Crippen MR) is 93.9 cm³/mol. The monoisotopic (exact) mass is 352 g/mol. The number of aromatic nitrogens is 6. The second-order valence-electron chi connectivity index (χ2n) is 7.03. The van der Waals surface area contributed by atoms with Crippen LogP contribution in [0.15, 0.2) is 24.7 Å². The number of nitrogens with one attached hydrogen (secondary N) is 1. The Labute approximate surface area is 150 Å². The van der Waals surface area contributed by atoms with Crippen molar-refractivity contribution in [3.63, 3.8) is 0 Å². The van der Waals surface area contributed by atoms with Crippen LogP contribution in [0.25, 0.3) is 5.65 Å². The van der Waals surface area contributed by atoms with E-state index in [-0.39, 0.29) is 18.0 Å². The van der Waals surface area contributed by atoms with Crippen molar-refractivity contribution in [3.8, 4) is 0 Å². The zero-order chi connectivity index (χ0) is 17.7. The minimum Gasteiger partial charge on any atom is -0.349 e. The van der Waals surface area contributed by atoms with Crippen molar-refractivity contribution in [1.29, 1.82) is 0 Å². The summed E-state index contributed by atoms with van der Waals surface area (Å²) in [6.07, 6.45) is 8.34. The van der Waals surface area contributed by atoms with Crippen LogP contribution >= 0.6 is 0 Å². The number of anilines is 1. The zero-order valence-corrected chi connectivity index (χ0v) is 14.5. The van der Waals surface area contributed by atoms with Gasteiger partial charge in [0.1, 0.15) is 17.1 Å². The Morgan fingerprint density at radius 3 is 3.12 bits per heavy atom. The van der Waals surface area contributed by atoms with Gasteiger partial charge in [-0.15, -0.1) is 5.10 Å². The lowest BCUT2D eigenvalue weighted by Gasteiger charge is -2.24. The summed E-state index contributed by atoms with van der Waals surface area (Å²) in [6.45, 7) is 3.62. The van der Waals surface area contributed by atoms with Crippen molar-refractivity contribution in [2.24, 2.45) is 0 Å². The molecule has 9 nitrogen and oxygen atoms in total. The molecule has 134 valence electrons. The van der Waals surface area contributed by atoms with E-state index in [1.54, 1.807) is 10.7 Å². The summed E-state index contributed by atoms with van der Waals surface area (Å²) in [5.41, 5.74) is 2.06. The van der Waals surface area contributed by atoms with Crippen molar-refractivity contribution < 1.29 is 4.79 Å². The molecule has 4 bridgehead atoms. The van der Waals surface area contributed by atoms with E-state index < -0.39 is 0 Å². The van der Waals surface area contributed by atoms with Gasteiger partial charge < -0.3 is 10.2 Å². The van der Waals surface area contributed by atoms with E-state index in [4.69, 9.17) is 4.98 Å². The molecule has 1 N–H and O–H groups in total. The Morgan fingerprint density at radius 1 is 1.27 bits per heavy atom. The summed E-state index contributed by atoms with van der Waals surface area (Å²) in [7, 11) is 0. The van der Waals surface area contributed by atoms with Crippen molar-refractivity contribution in [2.75, 3.05) is 11.4 Å². The largest absolute Gasteiger partial charge is 0.349 e. The molecule has 3 aromatic rings. The Balaban J connectivity index is 1.65. The van der Waals surface area contributed by atoms with Crippen LogP contribution in [0.4, 0.5) is 5.82 Å². The average Bonchev–Trinajstić information content (AvgIpc) is 3.36. The highest BCUT2D eigenvalue weighted by Gasteiger charge is 2.30. The van der Waals surface area contributed by atoms with E-state index >= 15 is 0 Å². The van der Waals surface area contributed by atoms with Crippen molar-refractivity contribution in [2.45, 2.75) is 44.8 Å². The van der Waals surface area contributed by atoms with Crippen molar-refractivity contribution >= 4 is 17.4 Å². The standard InChI is InChI=1S/C17H20N8O/c1-11-4-7-23-10-13(21-22-23)14-3-2-6-24(14)15-5-8-25-16(20-15)12(9-18-25)17(26)19-11/h5,8-11,14H,2-4,6-7H2,1H3,(H,19,26)/t11-,14-/m1/s1. The SMILES string of the molecule is C[C@@H]1CCn2cc(nn2)[C@H]2CCCN2c2ccn3ncc(c3n2)C(=O)N1. The number of fused-ring (bicyclic) bond motifs is 6. The first kappa shape index (κ1) is 15.3. The van der Waals surface area contributed by atoms with E-state index in [1.165, 1.54) is 0 Å². The lowest BCUT2D eigenvalue weighted by molar-refractivity contribution is 0.0938. The van der Waals surface area contributed by atoms with Crippen molar-refractivity contribution in [1.82, 2.24) is 34.9 Å². The molecule has 5 heterocycles. The van der Waals surface area contributed by atoms with E-state index in [2.05, 4.69) is 25.6 Å². The van der Waals surface area contributed by atoms with Gasteiger partial charge in [-0.05, 0) is 32.3 Å². The second-order valence-corrected chi connectivity index (χ2v) is 7.03. The van der Waals surface area contributed by atoms with Gasteiger partial charge in [-0.1, -0.05) is 5.21 Å². The van der Waals surface area contributed by atoms with Gasteiger partial charge in [0.15, 0.2) is 5.65 Å². The highest BCUT2D eigenvalue weighted by atomic mass is 16.1. The number of hydrogen-bond donors (Lipinski definition) is 1. The Kier molecular flexibility index (Phi) is 3.41. The van der Waals surface area contributed by atoms with Gasteiger partial charge in [-0.2, -0.15) is 5.10 Å². The van der Waals surface area contributed by atoms with Crippen LogP contribution in [0.1, 0.15) is 48.3 Å². The maximum absolute atomic E-state index is 12.7. The summed E-state index contributed by atoms with van der Waals surface area (Å²) in [5.74, 6) is 0.695. The fraction of sp³-hybridized carbons (Fsp3) is 0.471. The van der Waals surface area contributed by atoms with Gasteiger partial charge in [-0.25, -0.2) is 9.50 Å². The molecule has 2 aliphatic rings. The molecule has 1 amide bonds. The summed E-state index contributed by atoms with van der Waals surface area (Å²) >= 11 is 0. The van der Waals surface area contributed by atoms with Gasteiger partial charge >= 0.3 is 0 Å². The fourth-order valence-electron chi connectivity index (χ4n) is 3.80. The van der Waals surface area contributed by atoms with Gasteiger partial charge in [0, 0.05) is 25.3 Å². The molecule has 1 fully saturated rings. The Bertz CT molecular complexity index is 976. The first-order valence-corrected chi connectivity index (χ1v) is 9.01. The van der Waals surface area contributed by atoms with Crippen LogP contribution in [-0.4, -0.2) is 48.1 Å². The first-order valence-electron chi connectivity index (χ1n) is 9.01. The van der Waals surface area contributed by atoms with Crippen molar-refractivity contribution in [3.05, 3.63) is 35.9 Å². The second kappa shape index (κ2) is 5.79. The molecule has 0 radical (unpaired) electrons. The third-order valence-corrected chi connectivity index (χ3v) is 5.21. The van der Waals surface area contributed by atoms with Crippen LogP contribution < -0.4 is 10.2 Å². The smallest absolute Gasteiger partial charge is 0.256 e. The number of carbonyl (C=O) groups is 1. The summed E-state index contributed by atoms with van der Waals surface area (Å²) < 4.78 is 3.51. The summed E-state index contributed by atoms with van der Waals surface area (Å²) in [5, 5.41) is 16.0. The van der Waals surface area contributed by atoms with E-state index in [0.29, 0.717) is 17.8 Å². The quantitative estimate of drug-likeness (QED) is 0.653. The zero-order valence-electron chi connectivity index (χ0n) is 14.5. The van der Waals surface area contributed by atoms with E-state index in [1.807, 2.05) is 30.1 Å². The van der Waals surface area contributed by atoms with Gasteiger partial charge in [0.2, 0.25) is 0 Å². The highest BCUT2D eigenvalue weighted by Crippen LogP contribution is 2.34. The third kappa shape index (κ3) is 2.42. The number of amides is 1. The van der Waals surface area contributed by atoms with Crippen LogP contribution in [0.3, 0.4) is 0 Å². The number of hydrogen-bond acceptors (Lipinski definition) is 6. The van der Waals surface area contributed by atoms with Crippen LogP contribution in [0.5, 0.6) is 0 Å². The molecule has 0 unspecified atom stereocenters. The lowest BCUT2D eigenvalue weighted by Crippen LogP contribution is -2.33. The van der Waals surface area contributed by atoms with Crippen LogP contribution in [-0.2, 0) is 6.54 Å². The molecule has 1 saturated heterocycles. The molecular weight excluding hydrogens is 332 g/mol. The fourth-order valence-corrected chi connectivity index (χ4v) is 3.80. The average molecular weight is 352 g/mol. The maximum atomic E-state index is 12.7. The molecule has 3 aromatic heterocycles. The molecule has 2 aliphatic heterocycles. The highest BCUT2D eigenvalue weighted by molar-refractivity contribution is 5.99. The molecule has 0 saturated carbocycles. The predicted octanol–water partition coefficient (Wildman–Crippen LogP) is 1.18. The van der Waals surface area contributed by atoms with Crippen LogP contribution in [0, 0.1) is 0 Å².